The number of carbonyl (C=O) groups excluding carboxylic acids is 1. The van der Waals surface area contributed by atoms with E-state index in [2.05, 4.69) is 54.5 Å². The summed E-state index contributed by atoms with van der Waals surface area (Å²) in [6, 6.07) is -0.724. The quantitative estimate of drug-likeness (QED) is 0.264. The van der Waals surface area contributed by atoms with Gasteiger partial charge in [-0.25, -0.2) is 0 Å². The minimum Gasteiger partial charge on any atom is -0.481 e. The highest BCUT2D eigenvalue weighted by molar-refractivity contribution is 5.85. The number of rotatable bonds is 3. The number of ether oxygens (including phenoxy) is 1. The molecule has 5 aliphatic rings. The average Bonchev–Trinajstić information content (AvgIpc) is 2.84. The van der Waals surface area contributed by atoms with E-state index in [1.54, 1.807) is 6.92 Å². The molecule has 40 heavy (non-hydrogen) atoms. The highest BCUT2D eigenvalue weighted by Crippen LogP contribution is 2.75. The number of halogens is 1. The summed E-state index contributed by atoms with van der Waals surface area (Å²) in [4.78, 5) is 25.5. The van der Waals surface area contributed by atoms with Gasteiger partial charge in [0, 0.05) is 0 Å². The van der Waals surface area contributed by atoms with Crippen LogP contribution < -0.4 is 5.73 Å². The second kappa shape index (κ2) is 9.98. The van der Waals surface area contributed by atoms with Crippen LogP contribution in [0.3, 0.4) is 0 Å². The van der Waals surface area contributed by atoms with Gasteiger partial charge in [-0.3, -0.25) is 9.59 Å². The van der Waals surface area contributed by atoms with Gasteiger partial charge in [-0.2, -0.15) is 0 Å². The molecular weight excluding hydrogens is 526 g/mol. The Balaban J connectivity index is 0.00000370. The molecule has 0 saturated heterocycles. The smallest absolute Gasteiger partial charge is 0.322 e. The van der Waals surface area contributed by atoms with Gasteiger partial charge in [0.1, 0.15) is 12.1 Å². The molecule has 12 atom stereocenters. The van der Waals surface area contributed by atoms with Gasteiger partial charge in [-0.15, -0.1) is 12.4 Å². The lowest BCUT2D eigenvalue weighted by atomic mass is 9.33. The van der Waals surface area contributed by atoms with Crippen molar-refractivity contribution in [2.24, 2.45) is 62.4 Å². The van der Waals surface area contributed by atoms with Crippen LogP contribution in [0.1, 0.15) is 107 Å². The number of carboxylic acid groups (broad SMARTS) is 1. The lowest BCUT2D eigenvalue weighted by Crippen LogP contribution is -2.67. The third kappa shape index (κ3) is 4.01. The molecule has 4 saturated carbocycles. The zero-order valence-electron chi connectivity index (χ0n) is 26.0. The number of carbonyl (C=O) groups is 2. The number of aliphatic hydroxyl groups excluding tert-OH is 1. The molecule has 0 aliphatic heterocycles. The van der Waals surface area contributed by atoms with Gasteiger partial charge in [0.15, 0.2) is 0 Å². The number of esters is 1. The van der Waals surface area contributed by atoms with Gasteiger partial charge in [0.25, 0.3) is 0 Å². The zero-order chi connectivity index (χ0) is 28.9. The fourth-order valence-corrected chi connectivity index (χ4v) is 11.3. The van der Waals surface area contributed by atoms with Gasteiger partial charge < -0.3 is 20.7 Å². The van der Waals surface area contributed by atoms with Crippen LogP contribution in [0.15, 0.2) is 11.6 Å². The fraction of sp³-hybridized carbons (Fsp3) is 0.879. The maximum atomic E-state index is 12.9. The molecule has 6 nitrogen and oxygen atoms in total. The van der Waals surface area contributed by atoms with Crippen molar-refractivity contribution in [1.29, 1.82) is 0 Å². The third-order valence-corrected chi connectivity index (χ3v) is 14.0. The van der Waals surface area contributed by atoms with Crippen molar-refractivity contribution in [3.8, 4) is 0 Å². The third-order valence-electron chi connectivity index (χ3n) is 14.0. The highest BCUT2D eigenvalue weighted by Gasteiger charge is 2.70. The predicted octanol–water partition coefficient (Wildman–Crippen LogP) is 6.38. The molecule has 5 aliphatic carbocycles. The van der Waals surface area contributed by atoms with Gasteiger partial charge in [-0.05, 0) is 110 Å². The van der Waals surface area contributed by atoms with Crippen molar-refractivity contribution in [3.63, 3.8) is 0 Å². The van der Waals surface area contributed by atoms with E-state index in [4.69, 9.17) is 10.5 Å². The summed E-state index contributed by atoms with van der Waals surface area (Å²) in [6.45, 7) is 17.8. The number of nitrogens with two attached hydrogens (primary N) is 1. The lowest BCUT2D eigenvalue weighted by molar-refractivity contribution is -0.238. The molecule has 7 heteroatoms. The van der Waals surface area contributed by atoms with E-state index < -0.39 is 41.0 Å². The molecule has 0 heterocycles. The van der Waals surface area contributed by atoms with E-state index in [1.807, 2.05) is 0 Å². The predicted molar refractivity (Wildman–Crippen MR) is 159 cm³/mol. The number of allylic oxidation sites excluding steroid dienone is 2. The van der Waals surface area contributed by atoms with E-state index in [0.717, 1.165) is 44.9 Å². The number of fused-ring (bicyclic) bond motifs is 7. The van der Waals surface area contributed by atoms with E-state index in [-0.39, 0.29) is 34.6 Å². The first-order valence-corrected chi connectivity index (χ1v) is 15.6. The summed E-state index contributed by atoms with van der Waals surface area (Å²) < 4.78 is 5.90. The normalized spacial score (nSPS) is 50.0. The van der Waals surface area contributed by atoms with Crippen molar-refractivity contribution in [2.45, 2.75) is 125 Å². The van der Waals surface area contributed by atoms with Crippen molar-refractivity contribution in [3.05, 3.63) is 11.6 Å². The van der Waals surface area contributed by atoms with Crippen LogP contribution in [0.4, 0.5) is 0 Å². The van der Waals surface area contributed by atoms with Crippen LogP contribution in [-0.4, -0.2) is 40.4 Å². The van der Waals surface area contributed by atoms with Crippen LogP contribution in [0, 0.1) is 56.7 Å². The van der Waals surface area contributed by atoms with E-state index >= 15 is 0 Å². The summed E-state index contributed by atoms with van der Waals surface area (Å²) in [5.41, 5.74) is 6.03. The highest BCUT2D eigenvalue weighted by atomic mass is 35.5. The van der Waals surface area contributed by atoms with Crippen molar-refractivity contribution in [2.75, 3.05) is 0 Å². The Kier molecular flexibility index (Phi) is 7.94. The maximum Gasteiger partial charge on any atom is 0.322 e. The van der Waals surface area contributed by atoms with Crippen molar-refractivity contribution in [1.82, 2.24) is 0 Å². The largest absolute Gasteiger partial charge is 0.481 e. The molecule has 5 rings (SSSR count). The SMILES string of the molecule is CC(N)C(=O)O[C@@H]1C[C@@]2(C)C(CC[C@]3(C)C2CC=C2C4[C@@H](C)[C@H](C)CC[C@]4(C(=O)O)CC[C@]23C)C(C)(C)[C@H]1O.Cl. The topological polar surface area (TPSA) is 110 Å². The first kappa shape index (κ1) is 31.8. The Morgan fingerprint density at radius 3 is 2.27 bits per heavy atom. The number of aliphatic carboxylic acids is 1. The van der Waals surface area contributed by atoms with Gasteiger partial charge in [0.05, 0.1) is 11.5 Å². The van der Waals surface area contributed by atoms with Gasteiger partial charge in [-0.1, -0.05) is 60.1 Å². The summed E-state index contributed by atoms with van der Waals surface area (Å²) in [7, 11) is 0. The number of carboxylic acids is 1. The van der Waals surface area contributed by atoms with E-state index in [9.17, 15) is 19.8 Å². The zero-order valence-corrected chi connectivity index (χ0v) is 26.8. The lowest BCUT2D eigenvalue weighted by Gasteiger charge is -2.71. The summed E-state index contributed by atoms with van der Waals surface area (Å²) in [5, 5.41) is 22.1. The van der Waals surface area contributed by atoms with Gasteiger partial charge in [0.2, 0.25) is 0 Å². The first-order valence-electron chi connectivity index (χ1n) is 15.6. The molecule has 0 aromatic heterocycles. The average molecular weight is 580 g/mol. The molecule has 4 fully saturated rings. The molecule has 0 aromatic carbocycles. The Morgan fingerprint density at radius 2 is 1.68 bits per heavy atom. The molecular formula is C33H54ClNO5. The molecule has 0 spiro atoms. The molecule has 4 N–H and O–H groups in total. The molecule has 228 valence electrons. The molecule has 0 aromatic rings. The first-order chi connectivity index (χ1) is 18.0. The molecule has 0 bridgehead atoms. The second-order valence-corrected chi connectivity index (χ2v) is 15.8. The minimum absolute atomic E-state index is 0. The summed E-state index contributed by atoms with van der Waals surface area (Å²) in [5.74, 6) is 0.561. The minimum atomic E-state index is -0.733. The summed E-state index contributed by atoms with van der Waals surface area (Å²) in [6.07, 6.45) is 8.24. The Morgan fingerprint density at radius 1 is 1.02 bits per heavy atom. The fourth-order valence-electron chi connectivity index (χ4n) is 11.3. The van der Waals surface area contributed by atoms with Crippen LogP contribution in [0.25, 0.3) is 0 Å². The van der Waals surface area contributed by atoms with Crippen LogP contribution in [0.5, 0.6) is 0 Å². The Labute approximate surface area is 247 Å². The molecule has 4 unspecified atom stereocenters. The van der Waals surface area contributed by atoms with Crippen molar-refractivity contribution >= 4 is 24.3 Å². The van der Waals surface area contributed by atoms with Crippen LogP contribution in [0.2, 0.25) is 0 Å². The Bertz CT molecular complexity index is 1070. The maximum absolute atomic E-state index is 12.9. The monoisotopic (exact) mass is 579 g/mol. The van der Waals surface area contributed by atoms with E-state index in [1.165, 1.54) is 5.57 Å². The number of hydrogen-bond donors (Lipinski definition) is 3. The van der Waals surface area contributed by atoms with Crippen molar-refractivity contribution < 1.29 is 24.5 Å². The van der Waals surface area contributed by atoms with Crippen LogP contribution >= 0.6 is 12.4 Å². The number of aliphatic hydroxyl groups is 1. The molecule has 0 amide bonds. The standard InChI is InChI=1S/C33H53NO5.ClH/c1-18-11-14-33(28(37)38)16-15-31(7)21(25(33)19(18)2)9-10-24-30(6)17-22(39-27(36)20(3)34)26(35)29(4,5)23(30)12-13-32(24,31)8;/h9,18-20,22-26,35H,10-17,34H2,1-8H3,(H,37,38);1H/t18-,19+,20?,22-,23?,24?,25?,26+,30+,31-,32-,33+;/m1./s1. The second-order valence-electron chi connectivity index (χ2n) is 15.8. The van der Waals surface area contributed by atoms with Gasteiger partial charge >= 0.3 is 11.9 Å². The number of hydrogen-bond acceptors (Lipinski definition) is 5. The van der Waals surface area contributed by atoms with E-state index in [0.29, 0.717) is 30.1 Å². The summed E-state index contributed by atoms with van der Waals surface area (Å²) >= 11 is 0. The van der Waals surface area contributed by atoms with Crippen LogP contribution in [-0.2, 0) is 14.3 Å². The Hall–Kier alpha value is -1.11. The molecule has 0 radical (unpaired) electrons.